The van der Waals surface area contributed by atoms with Crippen LogP contribution in [0.1, 0.15) is 20.4 Å². The largest absolute Gasteiger partial charge is 0.378 e. The highest BCUT2D eigenvalue weighted by Gasteiger charge is 2.29. The molecule has 17 heavy (non-hydrogen) atoms. The molecule has 5 nitrogen and oxygen atoms in total. The van der Waals surface area contributed by atoms with Crippen molar-refractivity contribution in [2.75, 3.05) is 20.2 Å². The Morgan fingerprint density at radius 1 is 1.53 bits per heavy atom. The highest BCUT2D eigenvalue weighted by atomic mass is 32.1. The molecule has 1 aromatic rings. The van der Waals surface area contributed by atoms with Crippen LogP contribution < -0.4 is 10.6 Å². The molecule has 0 spiro atoms. The van der Waals surface area contributed by atoms with Crippen LogP contribution in [0.5, 0.6) is 0 Å². The molecule has 1 amide bonds. The van der Waals surface area contributed by atoms with Crippen LogP contribution in [0, 0.1) is 13.8 Å². The topological polar surface area (TPSA) is 63.2 Å². The third kappa shape index (κ3) is 2.65. The molecule has 1 aliphatic rings. The van der Waals surface area contributed by atoms with E-state index in [-0.39, 0.29) is 18.1 Å². The maximum absolute atomic E-state index is 12.1. The Labute approximate surface area is 105 Å². The van der Waals surface area contributed by atoms with E-state index >= 15 is 0 Å². The van der Waals surface area contributed by atoms with E-state index in [9.17, 15) is 4.79 Å². The van der Waals surface area contributed by atoms with E-state index in [1.165, 1.54) is 11.3 Å². The molecule has 0 radical (unpaired) electrons. The minimum atomic E-state index is -0.0520. The van der Waals surface area contributed by atoms with Gasteiger partial charge in [-0.15, -0.1) is 11.3 Å². The van der Waals surface area contributed by atoms with Crippen molar-refractivity contribution < 1.29 is 9.53 Å². The summed E-state index contributed by atoms with van der Waals surface area (Å²) in [5.41, 5.74) is 0.796. The molecule has 0 aromatic carbocycles. The zero-order valence-corrected chi connectivity index (χ0v) is 11.1. The number of aryl methyl sites for hydroxylation is 2. The molecule has 0 unspecified atom stereocenters. The van der Waals surface area contributed by atoms with Gasteiger partial charge in [-0.25, -0.2) is 4.98 Å². The molecule has 94 valence electrons. The molecule has 1 saturated heterocycles. The van der Waals surface area contributed by atoms with Crippen molar-refractivity contribution in [1.29, 1.82) is 0 Å². The molecular formula is C11H17N3O2S. The third-order valence-corrected chi connectivity index (χ3v) is 3.96. The predicted molar refractivity (Wildman–Crippen MR) is 66.5 cm³/mol. The first-order valence-electron chi connectivity index (χ1n) is 5.60. The molecule has 1 aromatic heterocycles. The molecule has 2 rings (SSSR count). The van der Waals surface area contributed by atoms with Crippen molar-refractivity contribution in [3.63, 3.8) is 0 Å². The maximum Gasteiger partial charge on any atom is 0.263 e. The fourth-order valence-corrected chi connectivity index (χ4v) is 2.85. The van der Waals surface area contributed by atoms with Gasteiger partial charge in [0, 0.05) is 20.2 Å². The Hall–Kier alpha value is -0.980. The van der Waals surface area contributed by atoms with Gasteiger partial charge in [0.1, 0.15) is 4.88 Å². The smallest absolute Gasteiger partial charge is 0.263 e. The van der Waals surface area contributed by atoms with Gasteiger partial charge in [-0.1, -0.05) is 0 Å². The Balaban J connectivity index is 2.04. The van der Waals surface area contributed by atoms with Crippen LogP contribution in [-0.4, -0.2) is 43.2 Å². The normalized spacial score (nSPS) is 23.9. The summed E-state index contributed by atoms with van der Waals surface area (Å²) in [6, 6.07) is 0.0364. The van der Waals surface area contributed by atoms with E-state index in [2.05, 4.69) is 15.6 Å². The van der Waals surface area contributed by atoms with E-state index in [1.54, 1.807) is 7.11 Å². The van der Waals surface area contributed by atoms with Gasteiger partial charge in [-0.3, -0.25) is 4.79 Å². The number of amides is 1. The Morgan fingerprint density at radius 2 is 2.29 bits per heavy atom. The molecule has 1 aliphatic heterocycles. The Kier molecular flexibility index (Phi) is 3.76. The summed E-state index contributed by atoms with van der Waals surface area (Å²) >= 11 is 1.43. The zero-order valence-electron chi connectivity index (χ0n) is 10.2. The average Bonchev–Trinajstić information content (AvgIpc) is 2.84. The summed E-state index contributed by atoms with van der Waals surface area (Å²) in [4.78, 5) is 17.0. The lowest BCUT2D eigenvalue weighted by atomic mass is 10.2. The van der Waals surface area contributed by atoms with Crippen LogP contribution in [0.25, 0.3) is 0 Å². The van der Waals surface area contributed by atoms with Gasteiger partial charge < -0.3 is 15.4 Å². The number of carbonyl (C=O) groups is 1. The highest BCUT2D eigenvalue weighted by Crippen LogP contribution is 2.17. The van der Waals surface area contributed by atoms with Crippen molar-refractivity contribution in [2.45, 2.75) is 26.0 Å². The number of rotatable bonds is 3. The first kappa shape index (κ1) is 12.5. The number of aromatic nitrogens is 1. The number of hydrogen-bond acceptors (Lipinski definition) is 5. The van der Waals surface area contributed by atoms with Crippen LogP contribution in [-0.2, 0) is 4.74 Å². The van der Waals surface area contributed by atoms with Gasteiger partial charge in [-0.2, -0.15) is 0 Å². The minimum absolute atomic E-state index is 0.0364. The van der Waals surface area contributed by atoms with E-state index in [0.29, 0.717) is 4.88 Å². The Bertz CT molecular complexity index is 419. The molecule has 6 heteroatoms. The van der Waals surface area contributed by atoms with Gasteiger partial charge in [-0.05, 0) is 13.8 Å². The average molecular weight is 255 g/mol. The number of nitrogens with zero attached hydrogens (tertiary/aromatic N) is 1. The van der Waals surface area contributed by atoms with E-state index in [0.717, 1.165) is 23.8 Å². The van der Waals surface area contributed by atoms with Gasteiger partial charge in [0.05, 0.1) is 22.8 Å². The fourth-order valence-electron chi connectivity index (χ4n) is 2.02. The second-order valence-electron chi connectivity index (χ2n) is 4.16. The van der Waals surface area contributed by atoms with Gasteiger partial charge >= 0.3 is 0 Å². The van der Waals surface area contributed by atoms with Gasteiger partial charge in [0.2, 0.25) is 0 Å². The first-order valence-corrected chi connectivity index (χ1v) is 6.42. The lowest BCUT2D eigenvalue weighted by Gasteiger charge is -2.18. The SMILES string of the molecule is CO[C@H]1CNC[C@@H]1NC(=O)c1sc(C)nc1C. The van der Waals surface area contributed by atoms with E-state index in [1.807, 2.05) is 13.8 Å². The van der Waals surface area contributed by atoms with Crippen LogP contribution in [0.4, 0.5) is 0 Å². The molecular weight excluding hydrogens is 238 g/mol. The molecule has 2 heterocycles. The minimum Gasteiger partial charge on any atom is -0.378 e. The van der Waals surface area contributed by atoms with Gasteiger partial charge in [0.15, 0.2) is 0 Å². The second-order valence-corrected chi connectivity index (χ2v) is 5.36. The van der Waals surface area contributed by atoms with Crippen LogP contribution in [0.2, 0.25) is 0 Å². The van der Waals surface area contributed by atoms with Crippen molar-refractivity contribution in [2.24, 2.45) is 0 Å². The highest BCUT2D eigenvalue weighted by molar-refractivity contribution is 7.13. The van der Waals surface area contributed by atoms with Crippen LogP contribution >= 0.6 is 11.3 Å². The second kappa shape index (κ2) is 5.12. The lowest BCUT2D eigenvalue weighted by molar-refractivity contribution is 0.0782. The van der Waals surface area contributed by atoms with E-state index < -0.39 is 0 Å². The van der Waals surface area contributed by atoms with Gasteiger partial charge in [0.25, 0.3) is 5.91 Å². The van der Waals surface area contributed by atoms with Crippen molar-refractivity contribution in [3.05, 3.63) is 15.6 Å². The molecule has 0 aliphatic carbocycles. The van der Waals surface area contributed by atoms with Crippen molar-refractivity contribution >= 4 is 17.2 Å². The number of methoxy groups -OCH3 is 1. The van der Waals surface area contributed by atoms with Crippen LogP contribution in [0.3, 0.4) is 0 Å². The number of ether oxygens (including phenoxy) is 1. The number of carbonyl (C=O) groups excluding carboxylic acids is 1. The zero-order chi connectivity index (χ0) is 12.4. The Morgan fingerprint density at radius 3 is 2.88 bits per heavy atom. The first-order chi connectivity index (χ1) is 8.11. The standard InChI is InChI=1S/C11H17N3O2S/c1-6-10(17-7(2)13-6)11(15)14-8-4-12-5-9(8)16-3/h8-9,12H,4-5H2,1-3H3,(H,14,15)/t8-,9-/m0/s1. The van der Waals surface area contributed by atoms with Crippen molar-refractivity contribution in [3.8, 4) is 0 Å². The molecule has 0 bridgehead atoms. The fraction of sp³-hybridized carbons (Fsp3) is 0.636. The number of nitrogens with one attached hydrogen (secondary N) is 2. The summed E-state index contributed by atoms with van der Waals surface area (Å²) in [7, 11) is 1.67. The summed E-state index contributed by atoms with van der Waals surface area (Å²) < 4.78 is 5.31. The summed E-state index contributed by atoms with van der Waals surface area (Å²) in [6.07, 6.45) is 0.0493. The molecule has 1 fully saturated rings. The maximum atomic E-state index is 12.1. The summed E-state index contributed by atoms with van der Waals surface area (Å²) in [5, 5.41) is 7.11. The molecule has 2 atom stereocenters. The number of thiazole rings is 1. The quantitative estimate of drug-likeness (QED) is 0.824. The lowest BCUT2D eigenvalue weighted by Crippen LogP contribution is -2.43. The summed E-state index contributed by atoms with van der Waals surface area (Å²) in [5.74, 6) is -0.0520. The number of hydrogen-bond donors (Lipinski definition) is 2. The predicted octanol–water partition coefficient (Wildman–Crippen LogP) is 0.477. The monoisotopic (exact) mass is 255 g/mol. The van der Waals surface area contributed by atoms with Crippen molar-refractivity contribution in [1.82, 2.24) is 15.6 Å². The van der Waals surface area contributed by atoms with E-state index in [4.69, 9.17) is 4.74 Å². The summed E-state index contributed by atoms with van der Waals surface area (Å²) in [6.45, 7) is 5.30. The molecule has 0 saturated carbocycles. The van der Waals surface area contributed by atoms with Crippen LogP contribution in [0.15, 0.2) is 0 Å². The third-order valence-electron chi connectivity index (χ3n) is 2.89. The molecule has 2 N–H and O–H groups in total.